The van der Waals surface area contributed by atoms with Crippen LogP contribution in [0.5, 0.6) is 0 Å². The number of carbonyl (C=O) groups excluding carboxylic acids is 2. The number of rotatable bonds is 6. The first-order chi connectivity index (χ1) is 12.3. The van der Waals surface area contributed by atoms with Gasteiger partial charge in [0, 0.05) is 11.3 Å². The average molecular weight is 356 g/mol. The SMILES string of the molecule is CC(C)c1cccc(C(C)C)c1NC(=O)CNC(=O)c1cccc(F)c1. The van der Waals surface area contributed by atoms with Crippen molar-refractivity contribution in [2.45, 2.75) is 39.5 Å². The second-order valence-corrected chi connectivity index (χ2v) is 6.86. The summed E-state index contributed by atoms with van der Waals surface area (Å²) >= 11 is 0. The Kier molecular flexibility index (Phi) is 6.50. The average Bonchev–Trinajstić information content (AvgIpc) is 2.59. The molecule has 2 rings (SSSR count). The molecule has 2 amide bonds. The molecule has 5 heteroatoms. The monoisotopic (exact) mass is 356 g/mol. The zero-order valence-electron chi connectivity index (χ0n) is 15.6. The Morgan fingerprint density at radius 3 is 2.08 bits per heavy atom. The van der Waals surface area contributed by atoms with Crippen LogP contribution in [0, 0.1) is 5.82 Å². The maximum atomic E-state index is 13.2. The Hall–Kier alpha value is -2.69. The van der Waals surface area contributed by atoms with E-state index < -0.39 is 11.7 Å². The lowest BCUT2D eigenvalue weighted by Crippen LogP contribution is -2.33. The highest BCUT2D eigenvalue weighted by molar-refractivity contribution is 6.00. The molecule has 26 heavy (non-hydrogen) atoms. The number of hydrogen-bond donors (Lipinski definition) is 2. The van der Waals surface area contributed by atoms with Gasteiger partial charge in [-0.1, -0.05) is 52.0 Å². The third kappa shape index (κ3) is 4.91. The van der Waals surface area contributed by atoms with Crippen LogP contribution in [0.15, 0.2) is 42.5 Å². The highest BCUT2D eigenvalue weighted by atomic mass is 19.1. The van der Waals surface area contributed by atoms with Crippen LogP contribution in [-0.4, -0.2) is 18.4 Å². The molecule has 2 N–H and O–H groups in total. The third-order valence-corrected chi connectivity index (χ3v) is 4.13. The summed E-state index contributed by atoms with van der Waals surface area (Å²) < 4.78 is 13.2. The Labute approximate surface area is 153 Å². The molecular weight excluding hydrogens is 331 g/mol. The molecular formula is C21H25FN2O2. The molecule has 0 saturated carbocycles. The number of carbonyl (C=O) groups is 2. The Bertz CT molecular complexity index is 774. The number of anilines is 1. The standard InChI is InChI=1S/C21H25FN2O2/c1-13(2)17-9-6-10-18(14(3)4)20(17)24-19(25)12-23-21(26)15-7-5-8-16(22)11-15/h5-11,13-14H,12H2,1-4H3,(H,23,26)(H,24,25). The van der Waals surface area contributed by atoms with Crippen LogP contribution in [0.3, 0.4) is 0 Å². The molecule has 0 aromatic heterocycles. The topological polar surface area (TPSA) is 58.2 Å². The van der Waals surface area contributed by atoms with E-state index >= 15 is 0 Å². The molecule has 0 unspecified atom stereocenters. The molecule has 138 valence electrons. The summed E-state index contributed by atoms with van der Waals surface area (Å²) in [5.41, 5.74) is 3.10. The summed E-state index contributed by atoms with van der Waals surface area (Å²) in [6, 6.07) is 11.3. The molecule has 0 saturated heterocycles. The van der Waals surface area contributed by atoms with Crippen molar-refractivity contribution in [3.8, 4) is 0 Å². The van der Waals surface area contributed by atoms with Crippen LogP contribution in [0.25, 0.3) is 0 Å². The predicted octanol–water partition coefficient (Wildman–Crippen LogP) is 4.44. The molecule has 0 radical (unpaired) electrons. The number of amides is 2. The van der Waals surface area contributed by atoms with Gasteiger partial charge in [0.25, 0.3) is 5.91 Å². The van der Waals surface area contributed by atoms with Crippen molar-refractivity contribution in [3.05, 3.63) is 65.0 Å². The molecule has 0 aliphatic carbocycles. The van der Waals surface area contributed by atoms with Gasteiger partial charge < -0.3 is 10.6 Å². The molecule has 0 spiro atoms. The molecule has 4 nitrogen and oxygen atoms in total. The zero-order chi connectivity index (χ0) is 19.3. The zero-order valence-corrected chi connectivity index (χ0v) is 15.6. The Morgan fingerprint density at radius 1 is 0.962 bits per heavy atom. The minimum Gasteiger partial charge on any atom is -0.343 e. The number of halogens is 1. The van der Waals surface area contributed by atoms with Gasteiger partial charge in [0.05, 0.1) is 6.54 Å². The fourth-order valence-electron chi connectivity index (χ4n) is 2.77. The molecule has 0 heterocycles. The van der Waals surface area contributed by atoms with E-state index in [0.717, 1.165) is 22.9 Å². The van der Waals surface area contributed by atoms with E-state index in [1.165, 1.54) is 18.2 Å². The van der Waals surface area contributed by atoms with E-state index in [1.807, 2.05) is 18.2 Å². The van der Waals surface area contributed by atoms with Gasteiger partial charge in [0.2, 0.25) is 5.91 Å². The second kappa shape index (κ2) is 8.61. The van der Waals surface area contributed by atoms with Crippen molar-refractivity contribution in [3.63, 3.8) is 0 Å². The van der Waals surface area contributed by atoms with Crippen LogP contribution in [0.1, 0.15) is 61.0 Å². The maximum absolute atomic E-state index is 13.2. The number of nitrogens with one attached hydrogen (secondary N) is 2. The highest BCUT2D eigenvalue weighted by Gasteiger charge is 2.16. The van der Waals surface area contributed by atoms with Crippen LogP contribution in [-0.2, 0) is 4.79 Å². The van der Waals surface area contributed by atoms with Crippen molar-refractivity contribution in [2.24, 2.45) is 0 Å². The predicted molar refractivity (Wildman–Crippen MR) is 102 cm³/mol. The van der Waals surface area contributed by atoms with E-state index in [4.69, 9.17) is 0 Å². The summed E-state index contributed by atoms with van der Waals surface area (Å²) in [6.07, 6.45) is 0. The van der Waals surface area contributed by atoms with Crippen LogP contribution >= 0.6 is 0 Å². The Morgan fingerprint density at radius 2 is 1.54 bits per heavy atom. The minimum atomic E-state index is -0.491. The summed E-state index contributed by atoms with van der Waals surface area (Å²) in [7, 11) is 0. The fraction of sp³-hybridized carbons (Fsp3) is 0.333. The molecule has 0 bridgehead atoms. The Balaban J connectivity index is 2.09. The van der Waals surface area contributed by atoms with E-state index in [9.17, 15) is 14.0 Å². The molecule has 2 aromatic rings. The summed E-state index contributed by atoms with van der Waals surface area (Å²) in [4.78, 5) is 24.4. The van der Waals surface area contributed by atoms with Crippen LogP contribution < -0.4 is 10.6 Å². The van der Waals surface area contributed by atoms with E-state index in [0.29, 0.717) is 0 Å². The summed E-state index contributed by atoms with van der Waals surface area (Å²) in [6.45, 7) is 8.10. The van der Waals surface area contributed by atoms with E-state index in [2.05, 4.69) is 38.3 Å². The summed E-state index contributed by atoms with van der Waals surface area (Å²) in [5.74, 6) is -0.781. The van der Waals surface area contributed by atoms with Gasteiger partial charge in [0.15, 0.2) is 0 Å². The number of para-hydroxylation sites is 1. The minimum absolute atomic E-state index is 0.181. The van der Waals surface area contributed by atoms with Crippen molar-refractivity contribution < 1.29 is 14.0 Å². The fourth-order valence-corrected chi connectivity index (χ4v) is 2.77. The lowest BCUT2D eigenvalue weighted by Gasteiger charge is -2.20. The van der Waals surface area contributed by atoms with E-state index in [-0.39, 0.29) is 29.9 Å². The smallest absolute Gasteiger partial charge is 0.251 e. The van der Waals surface area contributed by atoms with Gasteiger partial charge in [-0.2, -0.15) is 0 Å². The van der Waals surface area contributed by atoms with Crippen molar-refractivity contribution >= 4 is 17.5 Å². The van der Waals surface area contributed by atoms with Gasteiger partial charge in [-0.3, -0.25) is 9.59 Å². The van der Waals surface area contributed by atoms with Crippen molar-refractivity contribution in [1.29, 1.82) is 0 Å². The van der Waals surface area contributed by atoms with Crippen molar-refractivity contribution in [2.75, 3.05) is 11.9 Å². The molecule has 0 fully saturated rings. The maximum Gasteiger partial charge on any atom is 0.251 e. The summed E-state index contributed by atoms with van der Waals surface area (Å²) in [5, 5.41) is 5.46. The molecule has 0 aliphatic rings. The first kappa shape index (κ1) is 19.6. The van der Waals surface area contributed by atoms with Crippen molar-refractivity contribution in [1.82, 2.24) is 5.32 Å². The molecule has 0 aliphatic heterocycles. The largest absolute Gasteiger partial charge is 0.343 e. The first-order valence-corrected chi connectivity index (χ1v) is 8.76. The quantitative estimate of drug-likeness (QED) is 0.804. The molecule has 0 atom stereocenters. The van der Waals surface area contributed by atoms with Gasteiger partial charge in [-0.25, -0.2) is 4.39 Å². The second-order valence-electron chi connectivity index (χ2n) is 6.86. The number of benzene rings is 2. The lowest BCUT2D eigenvalue weighted by atomic mass is 9.92. The van der Waals surface area contributed by atoms with Gasteiger partial charge in [-0.15, -0.1) is 0 Å². The normalized spacial score (nSPS) is 10.9. The van der Waals surface area contributed by atoms with Gasteiger partial charge in [-0.05, 0) is 41.2 Å². The van der Waals surface area contributed by atoms with Gasteiger partial charge >= 0.3 is 0 Å². The third-order valence-electron chi connectivity index (χ3n) is 4.13. The van der Waals surface area contributed by atoms with E-state index in [1.54, 1.807) is 0 Å². The highest BCUT2D eigenvalue weighted by Crippen LogP contribution is 2.32. The van der Waals surface area contributed by atoms with Crippen LogP contribution in [0.4, 0.5) is 10.1 Å². The lowest BCUT2D eigenvalue weighted by molar-refractivity contribution is -0.115. The first-order valence-electron chi connectivity index (χ1n) is 8.76. The van der Waals surface area contributed by atoms with Gasteiger partial charge in [0.1, 0.15) is 5.82 Å². The molecule has 2 aromatic carbocycles. The number of hydrogen-bond acceptors (Lipinski definition) is 2. The van der Waals surface area contributed by atoms with Crippen LogP contribution in [0.2, 0.25) is 0 Å².